The summed E-state index contributed by atoms with van der Waals surface area (Å²) in [6.07, 6.45) is 2.94. The van der Waals surface area contributed by atoms with Crippen molar-refractivity contribution in [3.05, 3.63) is 17.8 Å². The molecule has 4 heteroatoms. The minimum Gasteiger partial charge on any atom is -0.369 e. The van der Waals surface area contributed by atoms with Crippen LogP contribution in [0.15, 0.2) is 12.3 Å². The van der Waals surface area contributed by atoms with Crippen molar-refractivity contribution in [1.82, 2.24) is 14.5 Å². The predicted molar refractivity (Wildman–Crippen MR) is 66.1 cm³/mol. The highest BCUT2D eigenvalue weighted by atomic mass is 15.2. The minimum absolute atomic E-state index is 0.567. The first kappa shape index (κ1) is 10.9. The zero-order valence-corrected chi connectivity index (χ0v) is 10.1. The second kappa shape index (κ2) is 4.12. The third-order valence-corrected chi connectivity index (χ3v) is 3.06. The Kier molecular flexibility index (Phi) is 2.81. The Hall–Kier alpha value is -1.58. The summed E-state index contributed by atoms with van der Waals surface area (Å²) in [5.74, 6) is 1.15. The first-order valence-electron chi connectivity index (χ1n) is 5.70. The second-order valence-corrected chi connectivity index (χ2v) is 4.39. The molecular weight excluding hydrogens is 200 g/mol. The third-order valence-electron chi connectivity index (χ3n) is 3.06. The molecule has 2 heterocycles. The third kappa shape index (κ3) is 1.75. The van der Waals surface area contributed by atoms with Gasteiger partial charge in [-0.3, -0.25) is 4.57 Å². The van der Waals surface area contributed by atoms with Gasteiger partial charge in [0.1, 0.15) is 5.52 Å². The van der Waals surface area contributed by atoms with Gasteiger partial charge in [-0.15, -0.1) is 0 Å². The van der Waals surface area contributed by atoms with Gasteiger partial charge in [0, 0.05) is 12.7 Å². The molecule has 16 heavy (non-hydrogen) atoms. The van der Waals surface area contributed by atoms with Crippen molar-refractivity contribution < 1.29 is 0 Å². The van der Waals surface area contributed by atoms with E-state index in [9.17, 15) is 0 Å². The molecule has 0 amide bonds. The first-order valence-corrected chi connectivity index (χ1v) is 5.70. The zero-order chi connectivity index (χ0) is 11.7. The van der Waals surface area contributed by atoms with E-state index in [0.29, 0.717) is 11.9 Å². The number of pyridine rings is 1. The van der Waals surface area contributed by atoms with E-state index in [1.54, 1.807) is 0 Å². The monoisotopic (exact) mass is 218 g/mol. The van der Waals surface area contributed by atoms with Crippen molar-refractivity contribution in [2.24, 2.45) is 5.92 Å². The Morgan fingerprint density at radius 2 is 2.25 bits per heavy atom. The fraction of sp³-hybridized carbons (Fsp3) is 0.500. The second-order valence-electron chi connectivity index (χ2n) is 4.39. The topological polar surface area (TPSA) is 56.7 Å². The Labute approximate surface area is 95.5 Å². The van der Waals surface area contributed by atoms with Crippen LogP contribution in [0.2, 0.25) is 0 Å². The summed E-state index contributed by atoms with van der Waals surface area (Å²) in [5.41, 5.74) is 8.88. The number of rotatable bonds is 3. The van der Waals surface area contributed by atoms with Gasteiger partial charge in [-0.1, -0.05) is 20.3 Å². The van der Waals surface area contributed by atoms with Gasteiger partial charge >= 0.3 is 0 Å². The fourth-order valence-electron chi connectivity index (χ4n) is 1.78. The van der Waals surface area contributed by atoms with Crippen LogP contribution in [0.3, 0.4) is 0 Å². The Balaban J connectivity index is 2.52. The van der Waals surface area contributed by atoms with Gasteiger partial charge in [0.05, 0.1) is 0 Å². The van der Waals surface area contributed by atoms with Gasteiger partial charge in [-0.2, -0.15) is 0 Å². The van der Waals surface area contributed by atoms with Gasteiger partial charge in [-0.05, 0) is 24.5 Å². The number of aromatic nitrogens is 3. The Morgan fingerprint density at radius 3 is 2.94 bits per heavy atom. The molecule has 2 aromatic heterocycles. The number of hydrogen-bond acceptors (Lipinski definition) is 3. The average molecular weight is 218 g/mol. The van der Waals surface area contributed by atoms with Crippen molar-refractivity contribution in [3.8, 4) is 0 Å². The minimum atomic E-state index is 0.567. The standard InChI is InChI=1S/C12H18N4/c1-4-8(2)7-16-11-10(15-12(16)13)9(3)5-6-14-11/h5-6,8H,4,7H2,1-3H3,(H2,13,15). The number of nitrogen functional groups attached to an aromatic ring is 1. The molecule has 0 radical (unpaired) electrons. The molecule has 1 atom stereocenters. The van der Waals surface area contributed by atoms with Crippen LogP contribution in [0.4, 0.5) is 5.95 Å². The lowest BCUT2D eigenvalue weighted by Crippen LogP contribution is -2.10. The molecule has 2 N–H and O–H groups in total. The molecule has 0 saturated heterocycles. The van der Waals surface area contributed by atoms with Gasteiger partial charge in [0.25, 0.3) is 0 Å². The molecule has 0 aliphatic rings. The van der Waals surface area contributed by atoms with Crippen LogP contribution < -0.4 is 5.73 Å². The van der Waals surface area contributed by atoms with E-state index >= 15 is 0 Å². The van der Waals surface area contributed by atoms with Crippen LogP contribution in [-0.2, 0) is 6.54 Å². The number of anilines is 1. The summed E-state index contributed by atoms with van der Waals surface area (Å²) in [5, 5.41) is 0. The fourth-order valence-corrected chi connectivity index (χ4v) is 1.78. The summed E-state index contributed by atoms with van der Waals surface area (Å²) in [6, 6.07) is 1.96. The number of imidazole rings is 1. The molecule has 86 valence electrons. The van der Waals surface area contributed by atoms with Crippen LogP contribution >= 0.6 is 0 Å². The van der Waals surface area contributed by atoms with Gasteiger partial charge in [0.2, 0.25) is 5.95 Å². The van der Waals surface area contributed by atoms with E-state index in [-0.39, 0.29) is 0 Å². The maximum atomic E-state index is 5.94. The molecule has 0 bridgehead atoms. The normalized spacial score (nSPS) is 13.2. The van der Waals surface area contributed by atoms with Crippen molar-refractivity contribution in [2.75, 3.05) is 5.73 Å². The van der Waals surface area contributed by atoms with E-state index in [2.05, 4.69) is 23.8 Å². The Morgan fingerprint density at radius 1 is 1.50 bits per heavy atom. The highest BCUT2D eigenvalue weighted by Gasteiger charge is 2.12. The lowest BCUT2D eigenvalue weighted by Gasteiger charge is -2.11. The largest absolute Gasteiger partial charge is 0.369 e. The quantitative estimate of drug-likeness (QED) is 0.860. The smallest absolute Gasteiger partial charge is 0.202 e. The van der Waals surface area contributed by atoms with Crippen molar-refractivity contribution >= 4 is 17.1 Å². The number of nitrogens with zero attached hydrogens (tertiary/aromatic N) is 3. The summed E-state index contributed by atoms with van der Waals surface area (Å²) in [4.78, 5) is 8.75. The highest BCUT2D eigenvalue weighted by Crippen LogP contribution is 2.20. The molecule has 0 saturated carbocycles. The molecule has 0 aromatic carbocycles. The molecule has 0 aliphatic carbocycles. The van der Waals surface area contributed by atoms with E-state index in [0.717, 1.165) is 29.7 Å². The zero-order valence-electron chi connectivity index (χ0n) is 10.1. The highest BCUT2D eigenvalue weighted by molar-refractivity contribution is 5.77. The maximum absolute atomic E-state index is 5.94. The van der Waals surface area contributed by atoms with Crippen LogP contribution in [0.25, 0.3) is 11.2 Å². The van der Waals surface area contributed by atoms with Gasteiger partial charge in [-0.25, -0.2) is 9.97 Å². The number of aryl methyl sites for hydroxylation is 1. The number of hydrogen-bond donors (Lipinski definition) is 1. The van der Waals surface area contributed by atoms with E-state index in [1.165, 1.54) is 0 Å². The van der Waals surface area contributed by atoms with E-state index in [1.807, 2.05) is 23.8 Å². The average Bonchev–Trinajstić information content (AvgIpc) is 2.58. The first-order chi connectivity index (χ1) is 7.63. The van der Waals surface area contributed by atoms with Crippen LogP contribution in [0.5, 0.6) is 0 Å². The molecule has 2 rings (SSSR count). The summed E-state index contributed by atoms with van der Waals surface area (Å²) >= 11 is 0. The number of nitrogens with two attached hydrogens (primary N) is 1. The van der Waals surface area contributed by atoms with Crippen molar-refractivity contribution in [3.63, 3.8) is 0 Å². The van der Waals surface area contributed by atoms with Gasteiger partial charge < -0.3 is 5.73 Å². The summed E-state index contributed by atoms with van der Waals surface area (Å²) < 4.78 is 2.01. The SMILES string of the molecule is CCC(C)Cn1c(N)nc2c(C)ccnc21. The van der Waals surface area contributed by atoms with Crippen LogP contribution in [0.1, 0.15) is 25.8 Å². The van der Waals surface area contributed by atoms with Gasteiger partial charge in [0.15, 0.2) is 5.65 Å². The molecule has 0 spiro atoms. The molecule has 0 fully saturated rings. The van der Waals surface area contributed by atoms with Crippen molar-refractivity contribution in [2.45, 2.75) is 33.7 Å². The predicted octanol–water partition coefficient (Wildman–Crippen LogP) is 2.37. The number of fused-ring (bicyclic) bond motifs is 1. The van der Waals surface area contributed by atoms with Crippen LogP contribution in [-0.4, -0.2) is 14.5 Å². The van der Waals surface area contributed by atoms with E-state index < -0.39 is 0 Å². The molecule has 4 nitrogen and oxygen atoms in total. The Bertz CT molecular complexity index is 501. The lowest BCUT2D eigenvalue weighted by molar-refractivity contribution is 0.478. The van der Waals surface area contributed by atoms with Crippen molar-refractivity contribution in [1.29, 1.82) is 0 Å². The molecular formula is C12H18N4. The molecule has 1 unspecified atom stereocenters. The molecule has 0 aliphatic heterocycles. The maximum Gasteiger partial charge on any atom is 0.202 e. The van der Waals surface area contributed by atoms with Crippen LogP contribution in [0, 0.1) is 12.8 Å². The molecule has 2 aromatic rings. The lowest BCUT2D eigenvalue weighted by atomic mass is 10.1. The van der Waals surface area contributed by atoms with E-state index in [4.69, 9.17) is 5.73 Å². The summed E-state index contributed by atoms with van der Waals surface area (Å²) in [7, 11) is 0. The summed E-state index contributed by atoms with van der Waals surface area (Å²) in [6.45, 7) is 7.30.